The molecule has 5 atom stereocenters. The van der Waals surface area contributed by atoms with Gasteiger partial charge in [-0.05, 0) is 140 Å². The van der Waals surface area contributed by atoms with Crippen LogP contribution >= 0.6 is 0 Å². The van der Waals surface area contributed by atoms with Crippen molar-refractivity contribution in [2.24, 2.45) is 11.8 Å². The second-order valence-electron chi connectivity index (χ2n) is 14.2. The van der Waals surface area contributed by atoms with Crippen LogP contribution in [0.25, 0.3) is 0 Å². The molecule has 0 radical (unpaired) electrons. The first kappa shape index (κ1) is 34.2. The van der Waals surface area contributed by atoms with Gasteiger partial charge in [0.15, 0.2) is 0 Å². The fraction of sp³-hybridized carbons (Fsp3) is 0.512. The Kier molecular flexibility index (Phi) is 12.3. The number of carbonyl (C=O) groups excluding carboxylic acids is 1. The molecule has 0 aliphatic heterocycles. The predicted octanol–water partition coefficient (Wildman–Crippen LogP) is 10.0. The van der Waals surface area contributed by atoms with Crippen LogP contribution in [-0.4, -0.2) is 24.3 Å². The van der Waals surface area contributed by atoms with Crippen LogP contribution in [0.3, 0.4) is 0 Å². The molecule has 3 heteroatoms. The molecule has 2 fully saturated rings. The maximum Gasteiger partial charge on any atom is 0.333 e. The first-order valence-electron chi connectivity index (χ1n) is 18.1. The standard InChI is InChI=1S/C43H56O3/c1-5-7-34-18-19-38(26-33(34)6-2)40-23-22-39-27-37(20-21-41(39)28-40)35-14-10-31(11-15-35)8-9-32-12-16-36(17-13-32)42(24-25-44)29-46-43(45)30(3)4/h10-19,26,37,39-42,44H,3,5-9,20-25,27-29H2,1-2,4H3. The van der Waals surface area contributed by atoms with Crippen LogP contribution in [0.5, 0.6) is 0 Å². The molecule has 2 aliphatic carbocycles. The molecule has 3 aromatic rings. The maximum absolute atomic E-state index is 11.8. The summed E-state index contributed by atoms with van der Waals surface area (Å²) in [6.07, 6.45) is 14.4. The van der Waals surface area contributed by atoms with Crippen molar-refractivity contribution in [1.29, 1.82) is 0 Å². The SMILES string of the molecule is C=C(C)C(=O)OCC(CCO)c1ccc(CCc2ccc(C3CCC4CC(c5ccc(CCC)c(CC)c5)CCC4C3)cc2)cc1. The summed E-state index contributed by atoms with van der Waals surface area (Å²) in [5.41, 5.74) is 10.5. The molecule has 5 unspecified atom stereocenters. The number of hydrogen-bond donors (Lipinski definition) is 1. The van der Waals surface area contributed by atoms with Gasteiger partial charge >= 0.3 is 5.97 Å². The van der Waals surface area contributed by atoms with Crippen LogP contribution in [0.15, 0.2) is 78.9 Å². The van der Waals surface area contributed by atoms with Crippen molar-refractivity contribution in [2.75, 3.05) is 13.2 Å². The zero-order valence-corrected chi connectivity index (χ0v) is 28.6. The Labute approximate surface area is 278 Å². The van der Waals surface area contributed by atoms with E-state index < -0.39 is 0 Å². The van der Waals surface area contributed by atoms with Gasteiger partial charge in [-0.2, -0.15) is 0 Å². The molecule has 2 aliphatic rings. The number of hydrogen-bond acceptors (Lipinski definition) is 3. The fourth-order valence-electron chi connectivity index (χ4n) is 8.24. The van der Waals surface area contributed by atoms with E-state index in [1.165, 1.54) is 68.1 Å². The van der Waals surface area contributed by atoms with E-state index in [0.29, 0.717) is 17.9 Å². The predicted molar refractivity (Wildman–Crippen MR) is 190 cm³/mol. The van der Waals surface area contributed by atoms with E-state index in [1.54, 1.807) is 23.6 Å². The van der Waals surface area contributed by atoms with E-state index in [4.69, 9.17) is 4.74 Å². The zero-order chi connectivity index (χ0) is 32.5. The van der Waals surface area contributed by atoms with Crippen molar-refractivity contribution in [3.63, 3.8) is 0 Å². The summed E-state index contributed by atoms with van der Waals surface area (Å²) < 4.78 is 5.38. The second kappa shape index (κ2) is 16.6. The lowest BCUT2D eigenvalue weighted by atomic mass is 9.63. The molecule has 2 saturated carbocycles. The minimum atomic E-state index is -0.379. The molecule has 0 bridgehead atoms. The molecule has 246 valence electrons. The van der Waals surface area contributed by atoms with Crippen LogP contribution in [-0.2, 0) is 35.2 Å². The lowest BCUT2D eigenvalue weighted by Crippen LogP contribution is -2.29. The highest BCUT2D eigenvalue weighted by Gasteiger charge is 2.36. The topological polar surface area (TPSA) is 46.5 Å². The number of carbonyl (C=O) groups is 1. The van der Waals surface area contributed by atoms with Crippen LogP contribution in [0, 0.1) is 11.8 Å². The van der Waals surface area contributed by atoms with Crippen LogP contribution in [0.2, 0.25) is 0 Å². The highest BCUT2D eigenvalue weighted by atomic mass is 16.5. The van der Waals surface area contributed by atoms with E-state index in [2.05, 4.69) is 87.2 Å². The molecule has 0 heterocycles. The number of aliphatic hydroxyl groups is 1. The molecule has 0 aromatic heterocycles. The summed E-state index contributed by atoms with van der Waals surface area (Å²) in [6.45, 7) is 10.2. The number of fused-ring (bicyclic) bond motifs is 1. The first-order valence-corrected chi connectivity index (χ1v) is 18.1. The molecular weight excluding hydrogens is 564 g/mol. The smallest absolute Gasteiger partial charge is 0.333 e. The zero-order valence-electron chi connectivity index (χ0n) is 28.6. The Morgan fingerprint density at radius 3 is 1.96 bits per heavy atom. The van der Waals surface area contributed by atoms with Gasteiger partial charge in [0.25, 0.3) is 0 Å². The van der Waals surface area contributed by atoms with Crippen molar-refractivity contribution < 1.29 is 14.6 Å². The van der Waals surface area contributed by atoms with E-state index in [-0.39, 0.29) is 25.1 Å². The fourth-order valence-corrected chi connectivity index (χ4v) is 8.24. The Morgan fingerprint density at radius 2 is 1.39 bits per heavy atom. The van der Waals surface area contributed by atoms with Gasteiger partial charge in [0.2, 0.25) is 0 Å². The van der Waals surface area contributed by atoms with E-state index in [1.807, 2.05) is 0 Å². The summed E-state index contributed by atoms with van der Waals surface area (Å²) in [5.74, 6) is 2.85. The molecule has 0 amide bonds. The van der Waals surface area contributed by atoms with Gasteiger partial charge in [-0.25, -0.2) is 4.79 Å². The number of aryl methyl sites for hydroxylation is 4. The van der Waals surface area contributed by atoms with Gasteiger partial charge < -0.3 is 9.84 Å². The van der Waals surface area contributed by atoms with Crippen molar-refractivity contribution in [3.8, 4) is 0 Å². The third-order valence-corrected chi connectivity index (χ3v) is 11.1. The Morgan fingerprint density at radius 1 is 0.804 bits per heavy atom. The molecule has 46 heavy (non-hydrogen) atoms. The normalized spacial score (nSPS) is 21.7. The molecule has 0 spiro atoms. The maximum atomic E-state index is 11.8. The van der Waals surface area contributed by atoms with Crippen molar-refractivity contribution in [3.05, 3.63) is 118 Å². The highest BCUT2D eigenvalue weighted by Crippen LogP contribution is 2.50. The van der Waals surface area contributed by atoms with Crippen molar-refractivity contribution in [1.82, 2.24) is 0 Å². The summed E-state index contributed by atoms with van der Waals surface area (Å²) in [6, 6.07) is 25.5. The highest BCUT2D eigenvalue weighted by molar-refractivity contribution is 5.86. The first-order chi connectivity index (χ1) is 22.4. The molecule has 5 rings (SSSR count). The van der Waals surface area contributed by atoms with Gasteiger partial charge in [-0.1, -0.05) is 93.6 Å². The molecular formula is C43H56O3. The molecule has 0 saturated heterocycles. The lowest BCUT2D eigenvalue weighted by Gasteiger charge is -2.42. The third kappa shape index (κ3) is 8.79. The molecule has 3 aromatic carbocycles. The summed E-state index contributed by atoms with van der Waals surface area (Å²) in [4.78, 5) is 11.8. The van der Waals surface area contributed by atoms with Gasteiger partial charge in [-0.3, -0.25) is 0 Å². The van der Waals surface area contributed by atoms with Crippen LogP contribution < -0.4 is 0 Å². The van der Waals surface area contributed by atoms with E-state index >= 15 is 0 Å². The number of ether oxygens (including phenoxy) is 1. The van der Waals surface area contributed by atoms with Gasteiger partial charge in [-0.15, -0.1) is 0 Å². The van der Waals surface area contributed by atoms with Crippen LogP contribution in [0.4, 0.5) is 0 Å². The number of rotatable bonds is 14. The minimum absolute atomic E-state index is 0.0169. The van der Waals surface area contributed by atoms with Crippen molar-refractivity contribution >= 4 is 5.97 Å². The molecule has 3 nitrogen and oxygen atoms in total. The monoisotopic (exact) mass is 620 g/mol. The van der Waals surface area contributed by atoms with Gasteiger partial charge in [0.1, 0.15) is 0 Å². The number of aliphatic hydroxyl groups excluding tert-OH is 1. The summed E-state index contributed by atoms with van der Waals surface area (Å²) in [7, 11) is 0. The largest absolute Gasteiger partial charge is 0.462 e. The summed E-state index contributed by atoms with van der Waals surface area (Å²) in [5, 5.41) is 9.52. The summed E-state index contributed by atoms with van der Waals surface area (Å²) >= 11 is 0. The number of esters is 1. The molecule has 1 N–H and O–H groups in total. The third-order valence-electron chi connectivity index (χ3n) is 11.1. The average molecular weight is 621 g/mol. The lowest BCUT2D eigenvalue weighted by molar-refractivity contribution is -0.139. The average Bonchev–Trinajstić information content (AvgIpc) is 3.09. The quantitative estimate of drug-likeness (QED) is 0.144. The van der Waals surface area contributed by atoms with Gasteiger partial charge in [0.05, 0.1) is 6.61 Å². The Balaban J connectivity index is 1.10. The Bertz CT molecular complexity index is 1420. The Hall–Kier alpha value is -3.17. The van der Waals surface area contributed by atoms with Crippen LogP contribution in [0.1, 0.15) is 129 Å². The second-order valence-corrected chi connectivity index (χ2v) is 14.2. The van der Waals surface area contributed by atoms with E-state index in [9.17, 15) is 9.90 Å². The minimum Gasteiger partial charge on any atom is -0.462 e. The number of benzene rings is 3. The van der Waals surface area contributed by atoms with Gasteiger partial charge in [0, 0.05) is 18.1 Å². The van der Waals surface area contributed by atoms with Crippen molar-refractivity contribution in [2.45, 2.75) is 116 Å². The van der Waals surface area contributed by atoms with E-state index in [0.717, 1.165) is 42.6 Å².